The van der Waals surface area contributed by atoms with Crippen molar-refractivity contribution >= 4 is 15.7 Å². The van der Waals surface area contributed by atoms with E-state index < -0.39 is 9.84 Å². The average Bonchev–Trinajstić information content (AvgIpc) is 3.02. The third kappa shape index (κ3) is 6.15. The number of nitrogens with one attached hydrogen (secondary N) is 1. The van der Waals surface area contributed by atoms with Gasteiger partial charge >= 0.3 is 0 Å². The number of hydrogen-bond donors (Lipinski definition) is 1. The van der Waals surface area contributed by atoms with Crippen LogP contribution in [-0.2, 0) is 22.9 Å². The van der Waals surface area contributed by atoms with Gasteiger partial charge in [-0.1, -0.05) is 44.0 Å². The van der Waals surface area contributed by atoms with Crippen molar-refractivity contribution in [1.82, 2.24) is 10.2 Å². The second-order valence-electron chi connectivity index (χ2n) is 7.62. The molecule has 0 spiro atoms. The number of carbonyl (C=O) groups excluding carboxylic acids is 1. The molecular formula is C23H30N2O3S. The summed E-state index contributed by atoms with van der Waals surface area (Å²) >= 11 is 0. The van der Waals surface area contributed by atoms with Gasteiger partial charge in [-0.3, -0.25) is 9.69 Å². The van der Waals surface area contributed by atoms with Crippen LogP contribution in [0.1, 0.15) is 54.1 Å². The summed E-state index contributed by atoms with van der Waals surface area (Å²) in [6.45, 7) is 5.39. The molecule has 6 heteroatoms. The Kier molecular flexibility index (Phi) is 7.45. The second-order valence-corrected chi connectivity index (χ2v) is 9.90. The predicted octanol–water partition coefficient (Wildman–Crippen LogP) is 3.79. The van der Waals surface area contributed by atoms with E-state index in [4.69, 9.17) is 0 Å². The van der Waals surface area contributed by atoms with Gasteiger partial charge in [-0.15, -0.1) is 0 Å². The molecule has 0 saturated carbocycles. The highest BCUT2D eigenvalue weighted by atomic mass is 32.2. The van der Waals surface area contributed by atoms with E-state index >= 15 is 0 Å². The second kappa shape index (κ2) is 10.0. The fraction of sp³-hybridized carbons (Fsp3) is 0.435. The Morgan fingerprint density at radius 1 is 0.897 bits per heavy atom. The highest BCUT2D eigenvalue weighted by Gasteiger charge is 2.13. The van der Waals surface area contributed by atoms with Gasteiger partial charge in [-0.25, -0.2) is 8.42 Å². The third-order valence-corrected chi connectivity index (χ3v) is 7.19. The summed E-state index contributed by atoms with van der Waals surface area (Å²) in [5, 5.41) is 2.90. The fourth-order valence-corrected chi connectivity index (χ4v) is 4.46. The lowest BCUT2D eigenvalue weighted by atomic mass is 10.1. The van der Waals surface area contributed by atoms with Crippen molar-refractivity contribution in [3.05, 3.63) is 65.2 Å². The Balaban J connectivity index is 1.52. The largest absolute Gasteiger partial charge is 0.348 e. The van der Waals surface area contributed by atoms with E-state index in [-0.39, 0.29) is 16.6 Å². The Bertz CT molecular complexity index is 898. The molecule has 0 radical (unpaired) electrons. The number of hydrogen-bond acceptors (Lipinski definition) is 4. The molecule has 156 valence electrons. The zero-order valence-corrected chi connectivity index (χ0v) is 17.9. The maximum absolute atomic E-state index is 12.3. The summed E-state index contributed by atoms with van der Waals surface area (Å²) < 4.78 is 23.7. The first-order chi connectivity index (χ1) is 14.0. The molecule has 5 nitrogen and oxygen atoms in total. The van der Waals surface area contributed by atoms with E-state index in [1.807, 2.05) is 0 Å². The van der Waals surface area contributed by atoms with E-state index in [9.17, 15) is 13.2 Å². The lowest BCUT2D eigenvalue weighted by molar-refractivity contribution is 0.0951. The van der Waals surface area contributed by atoms with Gasteiger partial charge in [0.05, 0.1) is 10.6 Å². The van der Waals surface area contributed by atoms with Crippen LogP contribution in [0.15, 0.2) is 53.4 Å². The van der Waals surface area contributed by atoms with E-state index in [1.165, 1.54) is 56.5 Å². The summed E-state index contributed by atoms with van der Waals surface area (Å²) in [5.41, 5.74) is 2.80. The Morgan fingerprint density at radius 2 is 1.48 bits per heavy atom. The zero-order chi connectivity index (χ0) is 20.7. The minimum atomic E-state index is -3.25. The lowest BCUT2D eigenvalue weighted by Gasteiger charge is -2.19. The van der Waals surface area contributed by atoms with Gasteiger partial charge in [0.15, 0.2) is 9.84 Å². The number of benzene rings is 2. The van der Waals surface area contributed by atoms with Crippen molar-refractivity contribution in [2.75, 3.05) is 18.8 Å². The van der Waals surface area contributed by atoms with Gasteiger partial charge in [-0.2, -0.15) is 0 Å². The molecule has 3 rings (SSSR count). The van der Waals surface area contributed by atoms with Gasteiger partial charge in [-0.05, 0) is 61.3 Å². The van der Waals surface area contributed by atoms with Gasteiger partial charge in [0.2, 0.25) is 0 Å². The van der Waals surface area contributed by atoms with Crippen molar-refractivity contribution in [3.63, 3.8) is 0 Å². The molecular weight excluding hydrogens is 384 g/mol. The van der Waals surface area contributed by atoms with E-state index in [0.29, 0.717) is 12.1 Å². The van der Waals surface area contributed by atoms with Crippen LogP contribution in [0, 0.1) is 0 Å². The summed E-state index contributed by atoms with van der Waals surface area (Å²) in [4.78, 5) is 15.1. The topological polar surface area (TPSA) is 66.5 Å². The minimum Gasteiger partial charge on any atom is -0.348 e. The molecule has 1 heterocycles. The average molecular weight is 415 g/mol. The number of sulfone groups is 1. The molecule has 1 aliphatic heterocycles. The van der Waals surface area contributed by atoms with Crippen LogP contribution in [0.2, 0.25) is 0 Å². The van der Waals surface area contributed by atoms with Crippen molar-refractivity contribution in [3.8, 4) is 0 Å². The van der Waals surface area contributed by atoms with Gasteiger partial charge in [0.25, 0.3) is 5.91 Å². The molecule has 1 saturated heterocycles. The Hall–Kier alpha value is -2.18. The van der Waals surface area contributed by atoms with Crippen molar-refractivity contribution in [1.29, 1.82) is 0 Å². The summed E-state index contributed by atoms with van der Waals surface area (Å²) in [5.74, 6) is -0.161. The highest BCUT2D eigenvalue weighted by molar-refractivity contribution is 7.91. The van der Waals surface area contributed by atoms with E-state index in [0.717, 1.165) is 12.1 Å². The summed E-state index contributed by atoms with van der Waals surface area (Å²) in [6, 6.07) is 14.5. The molecule has 29 heavy (non-hydrogen) atoms. The summed E-state index contributed by atoms with van der Waals surface area (Å²) in [7, 11) is -3.25. The fourth-order valence-electron chi connectivity index (χ4n) is 3.58. The summed E-state index contributed by atoms with van der Waals surface area (Å²) in [6.07, 6.45) is 5.25. The van der Waals surface area contributed by atoms with Crippen LogP contribution >= 0.6 is 0 Å². The molecule has 0 aromatic heterocycles. The monoisotopic (exact) mass is 414 g/mol. The van der Waals surface area contributed by atoms with E-state index in [1.54, 1.807) is 19.1 Å². The van der Waals surface area contributed by atoms with Crippen LogP contribution in [0.25, 0.3) is 0 Å². The van der Waals surface area contributed by atoms with Crippen LogP contribution in [0.4, 0.5) is 0 Å². The molecule has 1 N–H and O–H groups in total. The van der Waals surface area contributed by atoms with Gasteiger partial charge < -0.3 is 5.32 Å². The van der Waals surface area contributed by atoms with E-state index in [2.05, 4.69) is 34.5 Å². The molecule has 0 atom stereocenters. The number of rotatable bonds is 7. The zero-order valence-electron chi connectivity index (χ0n) is 17.1. The SMILES string of the molecule is CCS(=O)(=O)c1ccc(C(=O)NCc2ccc(CN3CCCCCC3)cc2)cc1. The molecule has 0 bridgehead atoms. The number of amides is 1. The first kappa shape index (κ1) is 21.5. The third-order valence-electron chi connectivity index (χ3n) is 5.44. The number of nitrogens with zero attached hydrogens (tertiary/aromatic N) is 1. The van der Waals surface area contributed by atoms with Crippen molar-refractivity contribution < 1.29 is 13.2 Å². The molecule has 1 aliphatic rings. The Labute approximate surface area is 174 Å². The molecule has 2 aromatic carbocycles. The predicted molar refractivity (Wildman–Crippen MR) is 116 cm³/mol. The minimum absolute atomic E-state index is 0.0479. The Morgan fingerprint density at radius 3 is 2.07 bits per heavy atom. The van der Waals surface area contributed by atoms with Crippen molar-refractivity contribution in [2.45, 2.75) is 50.6 Å². The van der Waals surface area contributed by atoms with Gasteiger partial charge in [0.1, 0.15) is 0 Å². The van der Waals surface area contributed by atoms with Crippen LogP contribution in [0.5, 0.6) is 0 Å². The van der Waals surface area contributed by atoms with Crippen LogP contribution < -0.4 is 5.32 Å². The molecule has 1 amide bonds. The first-order valence-electron chi connectivity index (χ1n) is 10.4. The smallest absolute Gasteiger partial charge is 0.251 e. The maximum atomic E-state index is 12.3. The molecule has 1 fully saturated rings. The number of likely N-dealkylation sites (tertiary alicyclic amines) is 1. The van der Waals surface area contributed by atoms with Gasteiger partial charge in [0, 0.05) is 18.7 Å². The maximum Gasteiger partial charge on any atom is 0.251 e. The van der Waals surface area contributed by atoms with Crippen LogP contribution in [-0.4, -0.2) is 38.1 Å². The standard InChI is InChI=1S/C23H30N2O3S/c1-2-29(27,28)22-13-11-21(12-14-22)23(26)24-17-19-7-9-20(10-8-19)18-25-15-5-3-4-6-16-25/h7-14H,2-6,15-18H2,1H3,(H,24,26). The lowest BCUT2D eigenvalue weighted by Crippen LogP contribution is -2.24. The molecule has 0 unspecified atom stereocenters. The quantitative estimate of drug-likeness (QED) is 0.749. The van der Waals surface area contributed by atoms with Crippen LogP contribution in [0.3, 0.4) is 0 Å². The first-order valence-corrected chi connectivity index (χ1v) is 12.0. The normalized spacial score (nSPS) is 15.6. The molecule has 0 aliphatic carbocycles. The van der Waals surface area contributed by atoms with Crippen molar-refractivity contribution in [2.24, 2.45) is 0 Å². The highest BCUT2D eigenvalue weighted by Crippen LogP contribution is 2.15. The molecule has 2 aromatic rings. The number of carbonyl (C=O) groups is 1.